The second-order valence-corrected chi connectivity index (χ2v) is 4.15. The lowest BCUT2D eigenvalue weighted by atomic mass is 9.91. The van der Waals surface area contributed by atoms with E-state index in [1.54, 1.807) is 0 Å². The van der Waals surface area contributed by atoms with E-state index in [2.05, 4.69) is 11.4 Å². The van der Waals surface area contributed by atoms with E-state index < -0.39 is 0 Å². The topological polar surface area (TPSA) is 29.1 Å². The van der Waals surface area contributed by atoms with Crippen LogP contribution < -0.4 is 5.32 Å². The van der Waals surface area contributed by atoms with Crippen LogP contribution in [-0.2, 0) is 0 Å². The zero-order valence-electron chi connectivity index (χ0n) is 8.85. The minimum absolute atomic E-state index is 0.101. The van der Waals surface area contributed by atoms with Gasteiger partial charge in [0.2, 0.25) is 0 Å². The number of aryl methyl sites for hydroxylation is 2. The third-order valence-corrected chi connectivity index (χ3v) is 2.78. The quantitative estimate of drug-likeness (QED) is 0.679. The molecule has 1 heterocycles. The van der Waals surface area contributed by atoms with Gasteiger partial charge in [-0.15, -0.1) is 0 Å². The van der Waals surface area contributed by atoms with Crippen molar-refractivity contribution >= 4 is 11.5 Å². The maximum atomic E-state index is 11.9. The fourth-order valence-corrected chi connectivity index (χ4v) is 2.01. The SMILES string of the molecule is Cc1cc(C)c2c(c1)C(=O)C(C)CN2. The molecule has 2 heteroatoms. The van der Waals surface area contributed by atoms with Gasteiger partial charge in [-0.1, -0.05) is 13.0 Å². The van der Waals surface area contributed by atoms with Crippen LogP contribution in [0.4, 0.5) is 5.69 Å². The van der Waals surface area contributed by atoms with Crippen LogP contribution in [0.3, 0.4) is 0 Å². The highest BCUT2D eigenvalue weighted by molar-refractivity contribution is 6.05. The first-order chi connectivity index (χ1) is 6.59. The number of ketones is 1. The third-order valence-electron chi connectivity index (χ3n) is 2.78. The van der Waals surface area contributed by atoms with Gasteiger partial charge in [0.25, 0.3) is 0 Å². The van der Waals surface area contributed by atoms with Gasteiger partial charge < -0.3 is 5.32 Å². The van der Waals surface area contributed by atoms with E-state index in [0.29, 0.717) is 0 Å². The molecule has 0 spiro atoms. The minimum Gasteiger partial charge on any atom is -0.384 e. The number of hydrogen-bond acceptors (Lipinski definition) is 2. The van der Waals surface area contributed by atoms with Crippen molar-refractivity contribution < 1.29 is 4.79 Å². The van der Waals surface area contributed by atoms with Crippen molar-refractivity contribution in [3.05, 3.63) is 28.8 Å². The first-order valence-electron chi connectivity index (χ1n) is 4.99. The Balaban J connectivity index is 2.60. The van der Waals surface area contributed by atoms with Gasteiger partial charge in [-0.05, 0) is 31.0 Å². The molecule has 1 unspecified atom stereocenters. The number of nitrogens with one attached hydrogen (secondary N) is 1. The molecule has 0 saturated heterocycles. The first-order valence-corrected chi connectivity index (χ1v) is 4.99. The van der Waals surface area contributed by atoms with Gasteiger partial charge in [0.05, 0.1) is 0 Å². The van der Waals surface area contributed by atoms with E-state index in [9.17, 15) is 4.79 Å². The normalized spacial score (nSPS) is 20.2. The van der Waals surface area contributed by atoms with E-state index in [-0.39, 0.29) is 11.7 Å². The van der Waals surface area contributed by atoms with Gasteiger partial charge in [-0.25, -0.2) is 0 Å². The van der Waals surface area contributed by atoms with Crippen LogP contribution in [0.2, 0.25) is 0 Å². The van der Waals surface area contributed by atoms with E-state index in [1.165, 1.54) is 5.56 Å². The van der Waals surface area contributed by atoms with Gasteiger partial charge >= 0.3 is 0 Å². The number of carbonyl (C=O) groups is 1. The largest absolute Gasteiger partial charge is 0.384 e. The summed E-state index contributed by atoms with van der Waals surface area (Å²) >= 11 is 0. The standard InChI is InChI=1S/C12H15NO/c1-7-4-8(2)11-10(5-7)12(14)9(3)6-13-11/h4-5,9,13H,6H2,1-3H3. The number of hydrogen-bond donors (Lipinski definition) is 1. The highest BCUT2D eigenvalue weighted by Crippen LogP contribution is 2.28. The Morgan fingerprint density at radius 3 is 2.79 bits per heavy atom. The fraction of sp³-hybridized carbons (Fsp3) is 0.417. The van der Waals surface area contributed by atoms with E-state index in [4.69, 9.17) is 0 Å². The van der Waals surface area contributed by atoms with E-state index in [0.717, 1.165) is 23.4 Å². The molecule has 1 N–H and O–H groups in total. The number of fused-ring (bicyclic) bond motifs is 1. The maximum absolute atomic E-state index is 11.9. The Labute approximate surface area is 84.3 Å². The minimum atomic E-state index is 0.101. The van der Waals surface area contributed by atoms with Crippen molar-refractivity contribution in [3.8, 4) is 0 Å². The van der Waals surface area contributed by atoms with Crippen molar-refractivity contribution in [2.75, 3.05) is 11.9 Å². The molecular weight excluding hydrogens is 174 g/mol. The highest BCUT2D eigenvalue weighted by Gasteiger charge is 2.24. The van der Waals surface area contributed by atoms with Gasteiger partial charge in [-0.2, -0.15) is 0 Å². The van der Waals surface area contributed by atoms with Crippen LogP contribution in [-0.4, -0.2) is 12.3 Å². The molecular formula is C12H15NO. The van der Waals surface area contributed by atoms with Crippen LogP contribution in [0, 0.1) is 19.8 Å². The smallest absolute Gasteiger partial charge is 0.169 e. The summed E-state index contributed by atoms with van der Waals surface area (Å²) in [6, 6.07) is 4.09. The molecule has 1 aromatic carbocycles. The molecule has 74 valence electrons. The Kier molecular flexibility index (Phi) is 2.06. The molecule has 2 nitrogen and oxygen atoms in total. The number of Topliss-reactive ketones (excluding diaryl/α,β-unsaturated/α-hetero) is 1. The van der Waals surface area contributed by atoms with Gasteiger partial charge in [0, 0.05) is 23.7 Å². The van der Waals surface area contributed by atoms with Crippen molar-refractivity contribution in [1.29, 1.82) is 0 Å². The third kappa shape index (κ3) is 1.31. The zero-order valence-corrected chi connectivity index (χ0v) is 8.85. The lowest BCUT2D eigenvalue weighted by Gasteiger charge is -2.24. The Bertz CT molecular complexity index is 396. The summed E-state index contributed by atoms with van der Waals surface area (Å²) in [4.78, 5) is 11.9. The number of benzene rings is 1. The Morgan fingerprint density at radius 2 is 2.07 bits per heavy atom. The summed E-state index contributed by atoms with van der Waals surface area (Å²) in [7, 11) is 0. The molecule has 1 aliphatic heterocycles. The molecule has 0 bridgehead atoms. The summed E-state index contributed by atoms with van der Waals surface area (Å²) < 4.78 is 0. The fourth-order valence-electron chi connectivity index (χ4n) is 2.01. The second kappa shape index (κ2) is 3.12. The summed E-state index contributed by atoms with van der Waals surface area (Å²) in [5.74, 6) is 0.370. The van der Waals surface area contributed by atoms with Crippen LogP contribution in [0.1, 0.15) is 28.4 Å². The van der Waals surface area contributed by atoms with Crippen LogP contribution >= 0.6 is 0 Å². The number of carbonyl (C=O) groups excluding carboxylic acids is 1. The maximum Gasteiger partial charge on any atom is 0.169 e. The Morgan fingerprint density at radius 1 is 1.36 bits per heavy atom. The predicted octanol–water partition coefficient (Wildman–Crippen LogP) is 2.55. The molecule has 1 aromatic rings. The summed E-state index contributed by atoms with van der Waals surface area (Å²) in [5.41, 5.74) is 4.21. The molecule has 14 heavy (non-hydrogen) atoms. The molecule has 1 atom stereocenters. The lowest BCUT2D eigenvalue weighted by molar-refractivity contribution is 0.0932. The molecule has 0 aromatic heterocycles. The van der Waals surface area contributed by atoms with Crippen LogP contribution in [0.15, 0.2) is 12.1 Å². The van der Waals surface area contributed by atoms with Crippen molar-refractivity contribution in [2.45, 2.75) is 20.8 Å². The van der Waals surface area contributed by atoms with E-state index >= 15 is 0 Å². The number of anilines is 1. The molecule has 0 aliphatic carbocycles. The first kappa shape index (κ1) is 9.25. The highest BCUT2D eigenvalue weighted by atomic mass is 16.1. The average Bonchev–Trinajstić information content (AvgIpc) is 2.12. The zero-order chi connectivity index (χ0) is 10.3. The predicted molar refractivity (Wildman–Crippen MR) is 57.9 cm³/mol. The molecule has 0 radical (unpaired) electrons. The molecule has 0 amide bonds. The van der Waals surface area contributed by atoms with Crippen LogP contribution in [0.25, 0.3) is 0 Å². The monoisotopic (exact) mass is 189 g/mol. The molecule has 0 fully saturated rings. The lowest BCUT2D eigenvalue weighted by Crippen LogP contribution is -2.27. The second-order valence-electron chi connectivity index (χ2n) is 4.15. The number of rotatable bonds is 0. The molecule has 1 aliphatic rings. The summed E-state index contributed by atoms with van der Waals surface area (Å²) in [5, 5.41) is 3.32. The van der Waals surface area contributed by atoms with Crippen molar-refractivity contribution in [2.24, 2.45) is 5.92 Å². The van der Waals surface area contributed by atoms with E-state index in [1.807, 2.05) is 26.8 Å². The summed E-state index contributed by atoms with van der Waals surface area (Å²) in [6.45, 7) is 6.80. The molecule has 0 saturated carbocycles. The average molecular weight is 189 g/mol. The van der Waals surface area contributed by atoms with Crippen molar-refractivity contribution in [3.63, 3.8) is 0 Å². The summed E-state index contributed by atoms with van der Waals surface area (Å²) in [6.07, 6.45) is 0. The van der Waals surface area contributed by atoms with Gasteiger partial charge in [-0.3, -0.25) is 4.79 Å². The van der Waals surface area contributed by atoms with Gasteiger partial charge in [0.1, 0.15) is 0 Å². The Hall–Kier alpha value is -1.31. The van der Waals surface area contributed by atoms with Gasteiger partial charge in [0.15, 0.2) is 5.78 Å². The van der Waals surface area contributed by atoms with Crippen molar-refractivity contribution in [1.82, 2.24) is 0 Å². The van der Waals surface area contributed by atoms with Crippen LogP contribution in [0.5, 0.6) is 0 Å². The molecule has 2 rings (SSSR count).